The lowest BCUT2D eigenvalue weighted by atomic mass is 9.61. The molecule has 2 aromatic carbocycles. The SMILES string of the molecule is CC(C)(C)CNc1ccc(-c2ccc(O)c3c2C[C@H]2C[C@@H](CCO)[C@@](O)(C(=O)CC(N)=O)C(=O)C2=C3O)cc1. The summed E-state index contributed by atoms with van der Waals surface area (Å²) < 4.78 is 0. The zero-order valence-electron chi connectivity index (χ0n) is 22.5. The number of hydrogen-bond acceptors (Lipinski definition) is 8. The normalized spacial score (nSPS) is 22.7. The number of anilines is 1. The molecule has 1 saturated carbocycles. The van der Waals surface area contributed by atoms with Gasteiger partial charge in [-0.15, -0.1) is 0 Å². The van der Waals surface area contributed by atoms with Crippen LogP contribution in [0.2, 0.25) is 0 Å². The molecule has 39 heavy (non-hydrogen) atoms. The number of phenolic OH excluding ortho intramolecular Hbond substituents is 1. The Bertz CT molecular complexity index is 1340. The highest BCUT2D eigenvalue weighted by molar-refractivity contribution is 6.23. The third-order valence-corrected chi connectivity index (χ3v) is 7.65. The molecule has 0 heterocycles. The molecule has 2 aromatic rings. The number of nitrogens with one attached hydrogen (secondary N) is 1. The monoisotopic (exact) mass is 536 g/mol. The van der Waals surface area contributed by atoms with Crippen LogP contribution in [0.4, 0.5) is 5.69 Å². The van der Waals surface area contributed by atoms with Crippen LogP contribution in [0.5, 0.6) is 5.75 Å². The first-order chi connectivity index (χ1) is 18.3. The third kappa shape index (κ3) is 5.29. The maximum Gasteiger partial charge on any atom is 0.225 e. The highest BCUT2D eigenvalue weighted by atomic mass is 16.3. The van der Waals surface area contributed by atoms with E-state index in [1.54, 1.807) is 6.07 Å². The summed E-state index contributed by atoms with van der Waals surface area (Å²) in [7, 11) is 0. The summed E-state index contributed by atoms with van der Waals surface area (Å²) >= 11 is 0. The number of aliphatic hydroxyl groups excluding tert-OH is 2. The fourth-order valence-corrected chi connectivity index (χ4v) is 5.72. The van der Waals surface area contributed by atoms with Gasteiger partial charge in [-0.1, -0.05) is 39.0 Å². The van der Waals surface area contributed by atoms with E-state index in [-0.39, 0.29) is 48.2 Å². The maximum atomic E-state index is 13.6. The van der Waals surface area contributed by atoms with Gasteiger partial charge in [-0.3, -0.25) is 14.4 Å². The predicted octanol–water partition coefficient (Wildman–Crippen LogP) is 3.11. The Morgan fingerprint density at radius 3 is 2.36 bits per heavy atom. The maximum absolute atomic E-state index is 13.6. The van der Waals surface area contributed by atoms with Gasteiger partial charge in [0.2, 0.25) is 11.7 Å². The minimum absolute atomic E-state index is 0.0555. The Hall–Kier alpha value is -3.69. The number of aromatic hydroxyl groups is 1. The van der Waals surface area contributed by atoms with Crippen LogP contribution in [0, 0.1) is 17.3 Å². The van der Waals surface area contributed by atoms with E-state index in [4.69, 9.17) is 5.73 Å². The Morgan fingerprint density at radius 2 is 1.77 bits per heavy atom. The van der Waals surface area contributed by atoms with Gasteiger partial charge in [0.15, 0.2) is 11.4 Å². The minimum atomic E-state index is -2.61. The highest BCUT2D eigenvalue weighted by Crippen LogP contribution is 2.50. The molecule has 0 aliphatic heterocycles. The molecule has 2 aliphatic rings. The summed E-state index contributed by atoms with van der Waals surface area (Å²) in [6.07, 6.45) is -0.539. The lowest BCUT2D eigenvalue weighted by molar-refractivity contribution is -0.159. The van der Waals surface area contributed by atoms with Gasteiger partial charge in [0.05, 0.1) is 12.0 Å². The number of fused-ring (bicyclic) bond motifs is 2. The molecule has 0 aromatic heterocycles. The molecule has 208 valence electrons. The van der Waals surface area contributed by atoms with Crippen LogP contribution < -0.4 is 11.1 Å². The van der Waals surface area contributed by atoms with Gasteiger partial charge in [-0.2, -0.15) is 0 Å². The van der Waals surface area contributed by atoms with Crippen LogP contribution in [0.15, 0.2) is 42.0 Å². The van der Waals surface area contributed by atoms with Crippen molar-refractivity contribution in [2.24, 2.45) is 23.0 Å². The molecule has 1 fully saturated rings. The van der Waals surface area contributed by atoms with Crippen LogP contribution in [-0.2, 0) is 20.8 Å². The van der Waals surface area contributed by atoms with Gasteiger partial charge in [-0.25, -0.2) is 0 Å². The van der Waals surface area contributed by atoms with E-state index in [0.717, 1.165) is 23.4 Å². The number of carbonyl (C=O) groups excluding carboxylic acids is 3. The van der Waals surface area contributed by atoms with Crippen molar-refractivity contribution in [1.29, 1.82) is 0 Å². The van der Waals surface area contributed by atoms with Gasteiger partial charge in [-0.05, 0) is 65.5 Å². The second-order valence-corrected chi connectivity index (χ2v) is 11.7. The summed E-state index contributed by atoms with van der Waals surface area (Å²) in [4.78, 5) is 37.9. The Balaban J connectivity index is 1.77. The molecular formula is C30H36N2O7. The molecule has 0 unspecified atom stereocenters. The van der Waals surface area contributed by atoms with Crippen molar-refractivity contribution < 1.29 is 34.8 Å². The number of aliphatic hydroxyl groups is 3. The number of nitrogens with two attached hydrogens (primary N) is 1. The predicted molar refractivity (Wildman–Crippen MR) is 147 cm³/mol. The zero-order valence-corrected chi connectivity index (χ0v) is 22.5. The summed E-state index contributed by atoms with van der Waals surface area (Å²) in [6.45, 7) is 6.82. The second-order valence-electron chi connectivity index (χ2n) is 11.7. The number of primary amides is 1. The van der Waals surface area contributed by atoms with E-state index < -0.39 is 47.1 Å². The lowest BCUT2D eigenvalue weighted by Crippen LogP contribution is -2.59. The third-order valence-electron chi connectivity index (χ3n) is 7.65. The molecule has 0 radical (unpaired) electrons. The molecule has 4 rings (SSSR count). The van der Waals surface area contributed by atoms with E-state index in [2.05, 4.69) is 26.1 Å². The quantitative estimate of drug-likeness (QED) is 0.280. The van der Waals surface area contributed by atoms with Crippen molar-refractivity contribution in [2.75, 3.05) is 18.5 Å². The van der Waals surface area contributed by atoms with E-state index in [1.807, 2.05) is 24.3 Å². The average molecular weight is 537 g/mol. The molecule has 3 atom stereocenters. The summed E-state index contributed by atoms with van der Waals surface area (Å²) in [6, 6.07) is 11.0. The minimum Gasteiger partial charge on any atom is -0.507 e. The fraction of sp³-hybridized carbons (Fsp3) is 0.433. The first kappa shape index (κ1) is 28.3. The lowest BCUT2D eigenvalue weighted by Gasteiger charge is -2.43. The first-order valence-electron chi connectivity index (χ1n) is 13.1. The number of carbonyl (C=O) groups is 3. The molecule has 2 aliphatic carbocycles. The first-order valence-corrected chi connectivity index (χ1v) is 13.1. The molecule has 0 saturated heterocycles. The van der Waals surface area contributed by atoms with Crippen LogP contribution in [-0.4, -0.2) is 56.7 Å². The van der Waals surface area contributed by atoms with Crippen LogP contribution in [0.1, 0.15) is 51.2 Å². The van der Waals surface area contributed by atoms with Crippen molar-refractivity contribution in [2.45, 2.75) is 52.1 Å². The van der Waals surface area contributed by atoms with Crippen molar-refractivity contribution in [3.05, 3.63) is 53.1 Å². The van der Waals surface area contributed by atoms with Crippen molar-refractivity contribution in [1.82, 2.24) is 0 Å². The zero-order chi connectivity index (χ0) is 28.7. The van der Waals surface area contributed by atoms with Gasteiger partial charge in [0, 0.05) is 30.3 Å². The van der Waals surface area contributed by atoms with Gasteiger partial charge < -0.3 is 31.5 Å². The Labute approximate surface area is 227 Å². The highest BCUT2D eigenvalue weighted by Gasteiger charge is 2.57. The Morgan fingerprint density at radius 1 is 1.10 bits per heavy atom. The molecule has 0 spiro atoms. The number of ketones is 2. The van der Waals surface area contributed by atoms with Crippen LogP contribution >= 0.6 is 0 Å². The van der Waals surface area contributed by atoms with Gasteiger partial charge >= 0.3 is 0 Å². The number of amides is 1. The topological polar surface area (TPSA) is 170 Å². The standard InChI is InChI=1S/C30H36N2O7/c1-29(2,3)15-32-19-6-4-16(5-7-19)20-8-9-22(34)26-21(20)13-17-12-18(10-11-33)30(39,23(35)14-24(31)36)28(38)25(17)27(26)37/h4-9,17-18,32-34,37,39H,10-15H2,1-3H3,(H2,31,36)/t17-,18-,30-/m1/s1. The summed E-state index contributed by atoms with van der Waals surface area (Å²) in [5.74, 6) is -5.37. The van der Waals surface area contributed by atoms with E-state index in [9.17, 15) is 34.8 Å². The molecule has 1 amide bonds. The van der Waals surface area contributed by atoms with E-state index >= 15 is 0 Å². The Kier molecular flexibility index (Phi) is 7.60. The van der Waals surface area contributed by atoms with E-state index in [1.165, 1.54) is 6.07 Å². The van der Waals surface area contributed by atoms with Crippen LogP contribution in [0.3, 0.4) is 0 Å². The largest absolute Gasteiger partial charge is 0.507 e. The van der Waals surface area contributed by atoms with Gasteiger partial charge in [0.1, 0.15) is 11.5 Å². The smallest absolute Gasteiger partial charge is 0.225 e. The second kappa shape index (κ2) is 10.5. The number of Topliss-reactive ketones (excluding diaryl/α,β-unsaturated/α-hetero) is 2. The van der Waals surface area contributed by atoms with Crippen molar-refractivity contribution in [3.8, 4) is 16.9 Å². The number of benzene rings is 2. The number of hydrogen-bond donors (Lipinski definition) is 6. The van der Waals surface area contributed by atoms with Crippen molar-refractivity contribution in [3.63, 3.8) is 0 Å². The van der Waals surface area contributed by atoms with E-state index in [0.29, 0.717) is 5.56 Å². The van der Waals surface area contributed by atoms with Crippen molar-refractivity contribution >= 4 is 28.9 Å². The summed E-state index contributed by atoms with van der Waals surface area (Å²) in [5, 5.41) is 46.4. The molecule has 0 bridgehead atoms. The van der Waals surface area contributed by atoms with Crippen LogP contribution in [0.25, 0.3) is 16.9 Å². The molecule has 9 nitrogen and oxygen atoms in total. The number of rotatable bonds is 8. The van der Waals surface area contributed by atoms with Gasteiger partial charge in [0.25, 0.3) is 0 Å². The molecule has 7 N–H and O–H groups in total. The number of phenols is 1. The summed E-state index contributed by atoms with van der Waals surface area (Å²) in [5.41, 5.74) is 5.78. The molecular weight excluding hydrogens is 500 g/mol. The fourth-order valence-electron chi connectivity index (χ4n) is 5.72. The average Bonchev–Trinajstić information content (AvgIpc) is 2.85. The molecule has 9 heteroatoms.